The molecule has 0 aliphatic carbocycles. The van der Waals surface area contributed by atoms with E-state index in [2.05, 4.69) is 13.5 Å². The lowest BCUT2D eigenvalue weighted by Gasteiger charge is -2.30. The molecule has 0 aliphatic heterocycles. The molecule has 0 heterocycles. The molecule has 0 aromatic heterocycles. The topological polar surface area (TPSA) is 63.2 Å². The van der Waals surface area contributed by atoms with Crippen molar-refractivity contribution in [1.29, 1.82) is 0 Å². The Labute approximate surface area is 133 Å². The summed E-state index contributed by atoms with van der Waals surface area (Å²) in [5.41, 5.74) is 0. The Bertz CT molecular complexity index is 303. The molecule has 0 aromatic rings. The molecule has 22 heavy (non-hydrogen) atoms. The van der Waals surface area contributed by atoms with Crippen LogP contribution in [0.3, 0.4) is 0 Å². The van der Waals surface area contributed by atoms with Crippen LogP contribution in [0.15, 0.2) is 12.7 Å². The molecule has 3 atom stereocenters. The summed E-state index contributed by atoms with van der Waals surface area (Å²) in [7, 11) is 5.99. The molecular weight excluding hydrogens is 288 g/mol. The first-order chi connectivity index (χ1) is 10.6. The number of methoxy groups -OCH3 is 4. The Kier molecular flexibility index (Phi) is 12.0. The average Bonchev–Trinajstić information content (AvgIpc) is 2.54. The van der Waals surface area contributed by atoms with Gasteiger partial charge in [0.25, 0.3) is 0 Å². The first-order valence-electron chi connectivity index (χ1n) is 7.49. The van der Waals surface area contributed by atoms with Gasteiger partial charge in [-0.05, 0) is 6.42 Å². The molecule has 0 N–H and O–H groups in total. The molecule has 0 aliphatic rings. The number of ether oxygens (including phenoxy) is 5. The zero-order valence-electron chi connectivity index (χ0n) is 14.4. The van der Waals surface area contributed by atoms with Gasteiger partial charge in [0.05, 0.1) is 13.2 Å². The Morgan fingerprint density at radius 2 is 1.73 bits per heavy atom. The van der Waals surface area contributed by atoms with Crippen LogP contribution in [-0.4, -0.2) is 59.5 Å². The summed E-state index contributed by atoms with van der Waals surface area (Å²) in [4.78, 5) is 11.8. The second-order valence-electron chi connectivity index (χ2n) is 4.90. The predicted molar refractivity (Wildman–Crippen MR) is 83.6 cm³/mol. The minimum absolute atomic E-state index is 0.349. The van der Waals surface area contributed by atoms with Crippen LogP contribution in [0.1, 0.15) is 26.2 Å². The van der Waals surface area contributed by atoms with Crippen molar-refractivity contribution in [1.82, 2.24) is 0 Å². The van der Waals surface area contributed by atoms with Crippen LogP contribution in [0.25, 0.3) is 0 Å². The number of carbonyl (C=O) groups is 1. The maximum absolute atomic E-state index is 11.8. The van der Waals surface area contributed by atoms with Gasteiger partial charge in [-0.2, -0.15) is 0 Å². The fourth-order valence-electron chi connectivity index (χ4n) is 2.19. The van der Waals surface area contributed by atoms with Gasteiger partial charge in [-0.1, -0.05) is 19.4 Å². The summed E-state index contributed by atoms with van der Waals surface area (Å²) in [6.45, 7) is 6.37. The van der Waals surface area contributed by atoms with Crippen molar-refractivity contribution >= 4 is 5.97 Å². The van der Waals surface area contributed by atoms with E-state index in [-0.39, 0.29) is 12.1 Å². The smallest absolute Gasteiger partial charge is 0.315 e. The zero-order valence-corrected chi connectivity index (χ0v) is 14.4. The maximum Gasteiger partial charge on any atom is 0.315 e. The summed E-state index contributed by atoms with van der Waals surface area (Å²) >= 11 is 0. The Morgan fingerprint density at radius 3 is 2.14 bits per heavy atom. The van der Waals surface area contributed by atoms with Crippen LogP contribution in [-0.2, 0) is 28.5 Å². The first kappa shape index (κ1) is 21.0. The highest BCUT2D eigenvalue weighted by Crippen LogP contribution is 2.21. The first-order valence-corrected chi connectivity index (χ1v) is 7.49. The van der Waals surface area contributed by atoms with E-state index in [1.165, 1.54) is 13.2 Å². The number of unbranched alkanes of at least 4 members (excludes halogenated alkanes) is 1. The van der Waals surface area contributed by atoms with Gasteiger partial charge in [-0.3, -0.25) is 4.79 Å². The molecule has 0 saturated heterocycles. The van der Waals surface area contributed by atoms with Gasteiger partial charge in [-0.25, -0.2) is 0 Å². The second-order valence-corrected chi connectivity index (χ2v) is 4.90. The minimum atomic E-state index is -0.568. The number of hydrogen-bond acceptors (Lipinski definition) is 6. The highest BCUT2D eigenvalue weighted by molar-refractivity contribution is 5.74. The summed E-state index contributed by atoms with van der Waals surface area (Å²) in [5, 5.41) is 0. The lowest BCUT2D eigenvalue weighted by molar-refractivity contribution is -0.192. The van der Waals surface area contributed by atoms with Crippen molar-refractivity contribution in [3.05, 3.63) is 12.7 Å². The van der Waals surface area contributed by atoms with E-state index < -0.39 is 18.3 Å². The van der Waals surface area contributed by atoms with Crippen molar-refractivity contribution in [2.75, 3.05) is 35.0 Å². The molecule has 0 saturated carbocycles. The Hall–Kier alpha value is -0.950. The van der Waals surface area contributed by atoms with E-state index in [9.17, 15) is 4.79 Å². The molecule has 2 unspecified atom stereocenters. The normalized spacial score (nSPS) is 15.4. The second kappa shape index (κ2) is 12.6. The number of rotatable bonds is 13. The van der Waals surface area contributed by atoms with Crippen LogP contribution < -0.4 is 0 Å². The fraction of sp³-hybridized carbons (Fsp3) is 0.812. The monoisotopic (exact) mass is 318 g/mol. The van der Waals surface area contributed by atoms with Crippen molar-refractivity contribution in [3.63, 3.8) is 0 Å². The molecule has 0 amide bonds. The van der Waals surface area contributed by atoms with Crippen molar-refractivity contribution < 1.29 is 28.5 Å². The molecule has 6 nitrogen and oxygen atoms in total. The third-order valence-electron chi connectivity index (χ3n) is 3.49. The molecule has 6 heteroatoms. The quantitative estimate of drug-likeness (QED) is 0.224. The predicted octanol–water partition coefficient (Wildman–Crippen LogP) is 2.17. The maximum atomic E-state index is 11.8. The fourth-order valence-corrected chi connectivity index (χ4v) is 2.19. The lowest BCUT2D eigenvalue weighted by Crippen LogP contribution is -2.40. The van der Waals surface area contributed by atoms with Gasteiger partial charge in [0, 0.05) is 34.4 Å². The molecule has 0 aromatic carbocycles. The van der Waals surface area contributed by atoms with Crippen LogP contribution in [0.2, 0.25) is 0 Å². The van der Waals surface area contributed by atoms with E-state index >= 15 is 0 Å². The summed E-state index contributed by atoms with van der Waals surface area (Å²) in [5.74, 6) is -0.956. The molecule has 0 rings (SSSR count). The number of carbonyl (C=O) groups excluding carboxylic acids is 1. The van der Waals surface area contributed by atoms with E-state index in [0.29, 0.717) is 13.0 Å². The van der Waals surface area contributed by atoms with Crippen LogP contribution in [0, 0.1) is 5.92 Å². The van der Waals surface area contributed by atoms with Gasteiger partial charge in [-0.15, -0.1) is 6.58 Å². The van der Waals surface area contributed by atoms with Gasteiger partial charge < -0.3 is 23.7 Å². The van der Waals surface area contributed by atoms with E-state index in [0.717, 1.165) is 12.8 Å². The zero-order chi connectivity index (χ0) is 17.0. The number of hydrogen-bond donors (Lipinski definition) is 0. The van der Waals surface area contributed by atoms with Gasteiger partial charge >= 0.3 is 5.97 Å². The van der Waals surface area contributed by atoms with Crippen molar-refractivity contribution in [2.24, 2.45) is 5.92 Å². The standard InChI is InChI=1S/C16H30O6/c1-7-9-10-22-14(16(20-5)21-6)11-13(18-3)12(8-2)15(17)19-4/h8,12-14,16H,2,7,9-11H2,1,3-6H3/t12?,13-,14?/m0/s1. The SMILES string of the molecule is C=CC(C(=O)OC)[C@H](CC(OCCCC)C(OC)OC)OC. The lowest BCUT2D eigenvalue weighted by atomic mass is 9.96. The van der Waals surface area contributed by atoms with E-state index in [1.54, 1.807) is 21.3 Å². The molecular formula is C16H30O6. The minimum Gasteiger partial charge on any atom is -0.468 e. The number of esters is 1. The van der Waals surface area contributed by atoms with Gasteiger partial charge in [0.15, 0.2) is 6.29 Å². The molecule has 0 radical (unpaired) electrons. The summed E-state index contributed by atoms with van der Waals surface area (Å²) in [6, 6.07) is 0. The van der Waals surface area contributed by atoms with Gasteiger partial charge in [0.1, 0.15) is 12.0 Å². The summed E-state index contributed by atoms with van der Waals surface area (Å²) in [6.07, 6.45) is 2.62. The molecule has 0 bridgehead atoms. The highest BCUT2D eigenvalue weighted by atomic mass is 16.7. The van der Waals surface area contributed by atoms with E-state index in [1.807, 2.05) is 0 Å². The van der Waals surface area contributed by atoms with Crippen LogP contribution in [0.5, 0.6) is 0 Å². The van der Waals surface area contributed by atoms with Crippen LogP contribution in [0.4, 0.5) is 0 Å². The molecule has 130 valence electrons. The Balaban J connectivity index is 4.95. The highest BCUT2D eigenvalue weighted by Gasteiger charge is 2.32. The molecule has 0 fully saturated rings. The van der Waals surface area contributed by atoms with Crippen molar-refractivity contribution in [2.45, 2.75) is 44.7 Å². The third-order valence-corrected chi connectivity index (χ3v) is 3.49. The van der Waals surface area contributed by atoms with Gasteiger partial charge in [0.2, 0.25) is 0 Å². The van der Waals surface area contributed by atoms with Crippen molar-refractivity contribution in [3.8, 4) is 0 Å². The van der Waals surface area contributed by atoms with E-state index in [4.69, 9.17) is 23.7 Å². The van der Waals surface area contributed by atoms with Crippen LogP contribution >= 0.6 is 0 Å². The average molecular weight is 318 g/mol. The molecule has 0 spiro atoms. The third kappa shape index (κ3) is 6.87. The largest absolute Gasteiger partial charge is 0.468 e. The Morgan fingerprint density at radius 1 is 1.09 bits per heavy atom. The summed E-state index contributed by atoms with van der Waals surface area (Å²) < 4.78 is 26.7.